The number of benzene rings is 1. The molecule has 1 aromatic carbocycles. The van der Waals surface area contributed by atoms with E-state index in [-0.39, 0.29) is 18.3 Å². The van der Waals surface area contributed by atoms with Crippen LogP contribution in [0.25, 0.3) is 11.3 Å². The predicted octanol–water partition coefficient (Wildman–Crippen LogP) is 3.16. The van der Waals surface area contributed by atoms with Gasteiger partial charge in [-0.05, 0) is 38.2 Å². The quantitative estimate of drug-likeness (QED) is 0.708. The third-order valence-corrected chi connectivity index (χ3v) is 4.70. The fraction of sp³-hybridized carbons (Fsp3) is 0.474. The molecule has 1 aliphatic carbocycles. The van der Waals surface area contributed by atoms with Gasteiger partial charge < -0.3 is 10.6 Å². The number of unbranched alkanes of at least 4 members (excludes halogenated alkanes) is 2. The molecule has 5 nitrogen and oxygen atoms in total. The minimum absolute atomic E-state index is 0. The van der Waals surface area contributed by atoms with E-state index in [9.17, 15) is 4.79 Å². The van der Waals surface area contributed by atoms with Gasteiger partial charge >= 0.3 is 0 Å². The van der Waals surface area contributed by atoms with E-state index in [2.05, 4.69) is 28.4 Å². The molecular formula is C19H27ClN4O. The molecule has 1 heterocycles. The summed E-state index contributed by atoms with van der Waals surface area (Å²) >= 11 is 0. The van der Waals surface area contributed by atoms with Gasteiger partial charge in [0.15, 0.2) is 0 Å². The van der Waals surface area contributed by atoms with Crippen molar-refractivity contribution in [3.05, 3.63) is 42.1 Å². The van der Waals surface area contributed by atoms with Crippen molar-refractivity contribution < 1.29 is 4.79 Å². The first-order valence-electron chi connectivity index (χ1n) is 8.73. The number of carbonyl (C=O) groups is 1. The van der Waals surface area contributed by atoms with Gasteiger partial charge in [0.1, 0.15) is 0 Å². The molecule has 0 atom stereocenters. The normalized spacial score (nSPS) is 14.6. The summed E-state index contributed by atoms with van der Waals surface area (Å²) < 4.78 is 0. The van der Waals surface area contributed by atoms with Gasteiger partial charge in [-0.2, -0.15) is 5.10 Å². The van der Waals surface area contributed by atoms with Gasteiger partial charge in [0.2, 0.25) is 5.91 Å². The largest absolute Gasteiger partial charge is 0.344 e. The highest BCUT2D eigenvalue weighted by molar-refractivity contribution is 5.88. The van der Waals surface area contributed by atoms with Crippen molar-refractivity contribution in [2.75, 3.05) is 13.6 Å². The van der Waals surface area contributed by atoms with E-state index in [0.29, 0.717) is 0 Å². The zero-order valence-corrected chi connectivity index (χ0v) is 15.5. The molecule has 0 radical (unpaired) electrons. The van der Waals surface area contributed by atoms with Crippen LogP contribution in [0.3, 0.4) is 0 Å². The van der Waals surface area contributed by atoms with Gasteiger partial charge in [0.05, 0.1) is 11.2 Å². The lowest BCUT2D eigenvalue weighted by Gasteiger charge is -2.20. The Labute approximate surface area is 155 Å². The first kappa shape index (κ1) is 19.5. The third kappa shape index (κ3) is 5.06. The van der Waals surface area contributed by atoms with Crippen molar-refractivity contribution in [1.29, 1.82) is 0 Å². The van der Waals surface area contributed by atoms with Crippen molar-refractivity contribution >= 4 is 18.3 Å². The Kier molecular flexibility index (Phi) is 6.62. The Morgan fingerprint density at radius 1 is 1.24 bits per heavy atom. The molecule has 0 saturated heterocycles. The molecule has 1 amide bonds. The molecule has 25 heavy (non-hydrogen) atoms. The number of aryl methyl sites for hydroxylation is 1. The summed E-state index contributed by atoms with van der Waals surface area (Å²) in [6, 6.07) is 12.3. The van der Waals surface area contributed by atoms with Crippen LogP contribution in [0.15, 0.2) is 36.4 Å². The number of amides is 1. The number of hydrogen-bond donors (Lipinski definition) is 2. The number of aromatic nitrogens is 2. The van der Waals surface area contributed by atoms with E-state index in [1.807, 2.05) is 25.2 Å². The average Bonchev–Trinajstić information content (AvgIpc) is 3.18. The Balaban J connectivity index is 0.00000225. The van der Waals surface area contributed by atoms with Crippen molar-refractivity contribution in [2.24, 2.45) is 5.73 Å². The first-order valence-corrected chi connectivity index (χ1v) is 8.73. The molecule has 3 rings (SSSR count). The van der Waals surface area contributed by atoms with Gasteiger partial charge in [0.25, 0.3) is 0 Å². The Morgan fingerprint density at radius 3 is 2.64 bits per heavy atom. The lowest BCUT2D eigenvalue weighted by atomic mass is 10.1. The van der Waals surface area contributed by atoms with E-state index in [0.717, 1.165) is 62.0 Å². The van der Waals surface area contributed by atoms with E-state index >= 15 is 0 Å². The van der Waals surface area contributed by atoms with Crippen LogP contribution in [0, 0.1) is 0 Å². The summed E-state index contributed by atoms with van der Waals surface area (Å²) in [7, 11) is 1.86. The van der Waals surface area contributed by atoms with E-state index in [4.69, 9.17) is 5.73 Å². The SMILES string of the molecule is CN(CCCCCc1cc(-c2ccccc2)n[nH]1)C(=O)C1(N)CC1.Cl. The number of nitrogens with zero attached hydrogens (tertiary/aromatic N) is 2. The number of nitrogens with two attached hydrogens (primary N) is 1. The second kappa shape index (κ2) is 8.50. The minimum Gasteiger partial charge on any atom is -0.344 e. The van der Waals surface area contributed by atoms with Crippen LogP contribution in [0.5, 0.6) is 0 Å². The van der Waals surface area contributed by atoms with Gasteiger partial charge in [-0.15, -0.1) is 12.4 Å². The molecule has 0 unspecified atom stereocenters. The predicted molar refractivity (Wildman–Crippen MR) is 103 cm³/mol. The molecule has 0 aliphatic heterocycles. The molecule has 0 bridgehead atoms. The summed E-state index contributed by atoms with van der Waals surface area (Å²) in [5, 5.41) is 7.50. The van der Waals surface area contributed by atoms with Crippen molar-refractivity contribution in [3.8, 4) is 11.3 Å². The Morgan fingerprint density at radius 2 is 1.96 bits per heavy atom. The van der Waals surface area contributed by atoms with Gasteiger partial charge in [-0.25, -0.2) is 0 Å². The molecule has 1 aliphatic rings. The minimum atomic E-state index is -0.543. The van der Waals surface area contributed by atoms with E-state index in [1.54, 1.807) is 4.90 Å². The number of H-pyrrole nitrogens is 1. The van der Waals surface area contributed by atoms with Gasteiger partial charge in [0, 0.05) is 24.8 Å². The highest BCUT2D eigenvalue weighted by atomic mass is 35.5. The third-order valence-electron chi connectivity index (χ3n) is 4.70. The fourth-order valence-corrected chi connectivity index (χ4v) is 2.92. The number of hydrogen-bond acceptors (Lipinski definition) is 3. The van der Waals surface area contributed by atoms with Crippen LogP contribution in [-0.2, 0) is 11.2 Å². The molecule has 1 saturated carbocycles. The highest BCUT2D eigenvalue weighted by Gasteiger charge is 2.47. The second-order valence-corrected chi connectivity index (χ2v) is 6.84. The van der Waals surface area contributed by atoms with Gasteiger partial charge in [-0.1, -0.05) is 36.8 Å². The maximum atomic E-state index is 12.0. The van der Waals surface area contributed by atoms with Crippen molar-refractivity contribution in [1.82, 2.24) is 15.1 Å². The lowest BCUT2D eigenvalue weighted by Crippen LogP contribution is -2.44. The summed E-state index contributed by atoms with van der Waals surface area (Å²) in [4.78, 5) is 13.8. The number of likely N-dealkylation sites (N-methyl/N-ethyl adjacent to an activating group) is 1. The number of aromatic amines is 1. The molecule has 2 aromatic rings. The molecule has 3 N–H and O–H groups in total. The zero-order chi connectivity index (χ0) is 17.0. The zero-order valence-electron chi connectivity index (χ0n) is 14.7. The smallest absolute Gasteiger partial charge is 0.242 e. The monoisotopic (exact) mass is 362 g/mol. The Bertz CT molecular complexity index is 682. The molecule has 1 fully saturated rings. The number of nitrogens with one attached hydrogen (secondary N) is 1. The van der Waals surface area contributed by atoms with Crippen LogP contribution < -0.4 is 5.73 Å². The van der Waals surface area contributed by atoms with Crippen LogP contribution in [0.4, 0.5) is 0 Å². The molecular weight excluding hydrogens is 336 g/mol. The fourth-order valence-electron chi connectivity index (χ4n) is 2.92. The number of carbonyl (C=O) groups excluding carboxylic acids is 1. The van der Waals surface area contributed by atoms with Gasteiger partial charge in [-0.3, -0.25) is 9.89 Å². The van der Waals surface area contributed by atoms with Crippen molar-refractivity contribution in [2.45, 2.75) is 44.1 Å². The van der Waals surface area contributed by atoms with E-state index < -0.39 is 5.54 Å². The molecule has 136 valence electrons. The average molecular weight is 363 g/mol. The van der Waals surface area contributed by atoms with Crippen LogP contribution >= 0.6 is 12.4 Å². The van der Waals surface area contributed by atoms with Crippen LogP contribution in [0.2, 0.25) is 0 Å². The van der Waals surface area contributed by atoms with Crippen LogP contribution in [0.1, 0.15) is 37.8 Å². The maximum Gasteiger partial charge on any atom is 0.242 e. The Hall–Kier alpha value is -1.85. The molecule has 6 heteroatoms. The summed E-state index contributed by atoms with van der Waals surface area (Å²) in [5.41, 5.74) is 8.70. The first-order chi connectivity index (χ1) is 11.6. The molecule has 0 spiro atoms. The lowest BCUT2D eigenvalue weighted by molar-refractivity contribution is -0.132. The number of rotatable bonds is 8. The summed E-state index contributed by atoms with van der Waals surface area (Å²) in [6.07, 6.45) is 5.84. The maximum absolute atomic E-state index is 12.0. The summed E-state index contributed by atoms with van der Waals surface area (Å²) in [6.45, 7) is 0.788. The second-order valence-electron chi connectivity index (χ2n) is 6.84. The topological polar surface area (TPSA) is 75.0 Å². The number of halogens is 1. The molecule has 1 aromatic heterocycles. The van der Waals surface area contributed by atoms with Crippen molar-refractivity contribution in [3.63, 3.8) is 0 Å². The highest BCUT2D eigenvalue weighted by Crippen LogP contribution is 2.33. The standard InChI is InChI=1S/C19H26N4O.ClH/c1-23(18(24)19(20)11-12-19)13-7-3-6-10-16-14-17(22-21-16)15-8-4-2-5-9-15;/h2,4-5,8-9,14H,3,6-7,10-13,20H2,1H3,(H,21,22);1H. The van der Waals surface area contributed by atoms with Crippen LogP contribution in [-0.4, -0.2) is 40.1 Å². The summed E-state index contributed by atoms with van der Waals surface area (Å²) in [5.74, 6) is 0.101. The van der Waals surface area contributed by atoms with E-state index in [1.165, 1.54) is 0 Å².